The van der Waals surface area contributed by atoms with E-state index >= 15 is 0 Å². The highest BCUT2D eigenvalue weighted by atomic mass is 28.4. The summed E-state index contributed by atoms with van der Waals surface area (Å²) in [6.07, 6.45) is 1.75. The van der Waals surface area contributed by atoms with E-state index in [4.69, 9.17) is 4.43 Å². The van der Waals surface area contributed by atoms with E-state index in [-0.39, 0.29) is 22.8 Å². The Morgan fingerprint density at radius 3 is 1.84 bits per heavy atom. The van der Waals surface area contributed by atoms with Crippen molar-refractivity contribution in [1.29, 1.82) is 0 Å². The molecule has 0 spiro atoms. The minimum atomic E-state index is -2.21. The van der Waals surface area contributed by atoms with E-state index in [0.29, 0.717) is 19.3 Å². The first kappa shape index (κ1) is 29.6. The molecule has 8 heteroatoms. The van der Waals surface area contributed by atoms with Gasteiger partial charge in [-0.3, -0.25) is 9.59 Å². The molecule has 5 atom stereocenters. The van der Waals surface area contributed by atoms with E-state index in [1.165, 1.54) is 0 Å². The lowest BCUT2D eigenvalue weighted by Crippen LogP contribution is -2.58. The summed E-state index contributed by atoms with van der Waals surface area (Å²) in [5.74, 6) is -1.99. The fourth-order valence-electron chi connectivity index (χ4n) is 2.88. The van der Waals surface area contributed by atoms with Crippen LogP contribution in [0.1, 0.15) is 81.1 Å². The predicted molar refractivity (Wildman–Crippen MR) is 127 cm³/mol. The van der Waals surface area contributed by atoms with Gasteiger partial charge in [-0.15, -0.1) is 0 Å². The first-order valence-corrected chi connectivity index (χ1v) is 14.5. The highest BCUT2D eigenvalue weighted by Gasteiger charge is 2.42. The zero-order chi connectivity index (χ0) is 24.6. The fraction of sp³-hybridized carbons (Fsp3) is 0.870. The number of nitrogens with one attached hydrogen (secondary N) is 2. The van der Waals surface area contributed by atoms with Gasteiger partial charge in [-0.1, -0.05) is 74.7 Å². The van der Waals surface area contributed by atoms with Crippen LogP contribution >= 0.6 is 0 Å². The summed E-state index contributed by atoms with van der Waals surface area (Å²) >= 11 is 0. The highest BCUT2D eigenvalue weighted by Crippen LogP contribution is 2.38. The first-order chi connectivity index (χ1) is 14.1. The molecule has 7 nitrogen and oxygen atoms in total. The number of aliphatic carboxylic acids is 1. The summed E-state index contributed by atoms with van der Waals surface area (Å²) in [5, 5.41) is 14.8. The molecule has 0 aromatic heterocycles. The smallest absolute Gasteiger partial charge is 0.326 e. The SMILES string of the molecule is CCC[C@H](NC(=O)[C@@H](NC(=O)[C@H](O[Si](C)(C)C(C)(C)C)[C@H](C)CC)C(C)CC)C(=O)O. The van der Waals surface area contributed by atoms with Gasteiger partial charge in [-0.25, -0.2) is 4.79 Å². The Bertz CT molecular complexity index is 603. The molecule has 0 aromatic carbocycles. The second-order valence-corrected chi connectivity index (χ2v) is 15.0. The molecule has 0 heterocycles. The van der Waals surface area contributed by atoms with Crippen LogP contribution in [0.2, 0.25) is 18.1 Å². The van der Waals surface area contributed by atoms with Crippen molar-refractivity contribution in [3.8, 4) is 0 Å². The van der Waals surface area contributed by atoms with E-state index < -0.39 is 38.4 Å². The van der Waals surface area contributed by atoms with Crippen molar-refractivity contribution >= 4 is 26.1 Å². The van der Waals surface area contributed by atoms with Gasteiger partial charge in [0, 0.05) is 0 Å². The monoisotopic (exact) mass is 458 g/mol. The topological polar surface area (TPSA) is 105 Å². The summed E-state index contributed by atoms with van der Waals surface area (Å²) in [6.45, 7) is 20.3. The van der Waals surface area contributed by atoms with Crippen molar-refractivity contribution in [3.05, 3.63) is 0 Å². The number of hydrogen-bond acceptors (Lipinski definition) is 4. The molecule has 0 aromatic rings. The average Bonchev–Trinajstić information content (AvgIpc) is 2.67. The van der Waals surface area contributed by atoms with E-state index in [1.54, 1.807) is 0 Å². The maximum absolute atomic E-state index is 13.3. The Morgan fingerprint density at radius 1 is 0.935 bits per heavy atom. The number of carboxylic acids is 1. The molecule has 0 aliphatic rings. The van der Waals surface area contributed by atoms with Gasteiger partial charge in [0.05, 0.1) is 0 Å². The zero-order valence-electron chi connectivity index (χ0n) is 21.3. The molecule has 0 saturated carbocycles. The third kappa shape index (κ3) is 8.92. The summed E-state index contributed by atoms with van der Waals surface area (Å²) in [5.41, 5.74) is 0. The molecule has 0 saturated heterocycles. The Kier molecular flexibility index (Phi) is 12.0. The third-order valence-corrected chi connectivity index (χ3v) is 11.1. The van der Waals surface area contributed by atoms with Crippen molar-refractivity contribution in [1.82, 2.24) is 10.6 Å². The lowest BCUT2D eigenvalue weighted by Gasteiger charge is -2.40. The van der Waals surface area contributed by atoms with Gasteiger partial charge in [0.25, 0.3) is 0 Å². The van der Waals surface area contributed by atoms with Crippen LogP contribution in [0.5, 0.6) is 0 Å². The predicted octanol–water partition coefficient (Wildman–Crippen LogP) is 4.32. The summed E-state index contributed by atoms with van der Waals surface area (Å²) < 4.78 is 6.47. The summed E-state index contributed by atoms with van der Waals surface area (Å²) in [4.78, 5) is 37.8. The maximum Gasteiger partial charge on any atom is 0.326 e. The average molecular weight is 459 g/mol. The molecule has 0 aliphatic carbocycles. The lowest BCUT2D eigenvalue weighted by molar-refractivity contribution is -0.143. The van der Waals surface area contributed by atoms with Gasteiger partial charge in [-0.05, 0) is 36.4 Å². The van der Waals surface area contributed by atoms with Crippen LogP contribution in [0.3, 0.4) is 0 Å². The minimum Gasteiger partial charge on any atom is -0.480 e. The second-order valence-electron chi connectivity index (χ2n) is 10.2. The Morgan fingerprint density at radius 2 is 1.45 bits per heavy atom. The van der Waals surface area contributed by atoms with Gasteiger partial charge in [0.1, 0.15) is 18.2 Å². The van der Waals surface area contributed by atoms with Crippen molar-refractivity contribution in [3.63, 3.8) is 0 Å². The molecule has 0 bridgehead atoms. The van der Waals surface area contributed by atoms with Crippen LogP contribution in [0.15, 0.2) is 0 Å². The quantitative estimate of drug-likeness (QED) is 0.356. The molecule has 31 heavy (non-hydrogen) atoms. The molecule has 3 N–H and O–H groups in total. The number of rotatable bonds is 13. The lowest BCUT2D eigenvalue weighted by atomic mass is 9.96. The molecular weight excluding hydrogens is 412 g/mol. The van der Waals surface area contributed by atoms with Crippen LogP contribution in [0, 0.1) is 11.8 Å². The van der Waals surface area contributed by atoms with Crippen molar-refractivity contribution < 1.29 is 23.9 Å². The molecule has 182 valence electrons. The summed E-state index contributed by atoms with van der Waals surface area (Å²) in [7, 11) is -2.21. The molecule has 0 rings (SSSR count). The largest absolute Gasteiger partial charge is 0.480 e. The Hall–Kier alpha value is -1.41. The number of hydrogen-bond donors (Lipinski definition) is 3. The highest BCUT2D eigenvalue weighted by molar-refractivity contribution is 6.74. The number of carbonyl (C=O) groups is 3. The molecule has 2 amide bonds. The molecule has 0 fully saturated rings. The number of carboxylic acid groups (broad SMARTS) is 1. The Labute approximate surface area is 190 Å². The van der Waals surface area contributed by atoms with Crippen molar-refractivity contribution in [2.24, 2.45) is 11.8 Å². The van der Waals surface area contributed by atoms with Gasteiger partial charge in [0.15, 0.2) is 8.32 Å². The number of carbonyl (C=O) groups excluding carboxylic acids is 2. The molecular formula is C23H46N2O5Si. The number of amides is 2. The van der Waals surface area contributed by atoms with Gasteiger partial charge >= 0.3 is 5.97 Å². The Balaban J connectivity index is 5.71. The first-order valence-electron chi connectivity index (χ1n) is 11.6. The van der Waals surface area contributed by atoms with E-state index in [1.807, 2.05) is 34.6 Å². The zero-order valence-corrected chi connectivity index (χ0v) is 22.3. The van der Waals surface area contributed by atoms with E-state index in [9.17, 15) is 19.5 Å². The van der Waals surface area contributed by atoms with Gasteiger partial charge in [-0.2, -0.15) is 0 Å². The minimum absolute atomic E-state index is 0.0124. The van der Waals surface area contributed by atoms with Crippen LogP contribution in [0.25, 0.3) is 0 Å². The van der Waals surface area contributed by atoms with Gasteiger partial charge < -0.3 is 20.2 Å². The van der Waals surface area contributed by atoms with E-state index in [2.05, 4.69) is 44.5 Å². The van der Waals surface area contributed by atoms with Gasteiger partial charge in [0.2, 0.25) is 11.8 Å². The molecule has 1 unspecified atom stereocenters. The second kappa shape index (κ2) is 12.6. The maximum atomic E-state index is 13.3. The standard InChI is InChI=1S/C23H46N2O5Si/c1-11-14-17(22(28)29)24-20(26)18(15(4)12-2)25-21(27)19(16(5)13-3)30-31(9,10)23(6,7)8/h15-19H,11-14H2,1-10H3,(H,24,26)(H,25,27)(H,28,29)/t15?,16-,17+,18+,19-/m1/s1. The van der Waals surface area contributed by atoms with Crippen LogP contribution in [-0.2, 0) is 18.8 Å². The molecule has 0 radical (unpaired) electrons. The molecule has 0 aliphatic heterocycles. The third-order valence-electron chi connectivity index (χ3n) is 6.63. The fourth-order valence-corrected chi connectivity index (χ4v) is 4.21. The van der Waals surface area contributed by atoms with Crippen LogP contribution < -0.4 is 10.6 Å². The van der Waals surface area contributed by atoms with Crippen molar-refractivity contribution in [2.45, 2.75) is 117 Å². The van der Waals surface area contributed by atoms with Crippen molar-refractivity contribution in [2.75, 3.05) is 0 Å². The summed E-state index contributed by atoms with van der Waals surface area (Å²) in [6, 6.07) is -1.78. The van der Waals surface area contributed by atoms with Crippen LogP contribution in [-0.4, -0.2) is 49.4 Å². The normalized spacial score (nSPS) is 17.2. The van der Waals surface area contributed by atoms with Crippen LogP contribution in [0.4, 0.5) is 0 Å². The van der Waals surface area contributed by atoms with E-state index in [0.717, 1.165) is 6.42 Å².